The highest BCUT2D eigenvalue weighted by atomic mass is 16.2. The first-order valence-electron chi connectivity index (χ1n) is 8.97. The Morgan fingerprint density at radius 3 is 2.41 bits per heavy atom. The van der Waals surface area contributed by atoms with E-state index in [9.17, 15) is 14.4 Å². The molecule has 3 N–H and O–H groups in total. The molecule has 1 aliphatic heterocycles. The van der Waals surface area contributed by atoms with Crippen molar-refractivity contribution >= 4 is 17.8 Å². The minimum absolute atomic E-state index is 0.145. The largest absolute Gasteiger partial charge is 0.345 e. The van der Waals surface area contributed by atoms with E-state index in [1.807, 2.05) is 49.4 Å². The summed E-state index contributed by atoms with van der Waals surface area (Å²) in [6, 6.07) is 14.5. The fourth-order valence-electron chi connectivity index (χ4n) is 3.12. The average molecular weight is 365 g/mol. The Bertz CT molecular complexity index is 864. The number of benzene rings is 2. The van der Waals surface area contributed by atoms with Gasteiger partial charge in [0, 0.05) is 6.42 Å². The maximum atomic E-state index is 12.5. The van der Waals surface area contributed by atoms with Crippen LogP contribution in [0.4, 0.5) is 4.79 Å². The highest BCUT2D eigenvalue weighted by Gasteiger charge is 2.29. The zero-order valence-electron chi connectivity index (χ0n) is 15.4. The number of urea groups is 1. The molecule has 0 bridgehead atoms. The summed E-state index contributed by atoms with van der Waals surface area (Å²) in [5, 5.41) is 7.75. The molecule has 2 aromatic carbocycles. The lowest BCUT2D eigenvalue weighted by molar-refractivity contribution is -0.122. The molecule has 0 aliphatic carbocycles. The summed E-state index contributed by atoms with van der Waals surface area (Å²) in [4.78, 5) is 35.3. The van der Waals surface area contributed by atoms with E-state index in [0.29, 0.717) is 0 Å². The molecule has 0 aromatic heterocycles. The normalized spacial score (nSPS) is 17.2. The lowest BCUT2D eigenvalue weighted by atomic mass is 9.95. The lowest BCUT2D eigenvalue weighted by Gasteiger charge is -2.21. The van der Waals surface area contributed by atoms with Crippen LogP contribution in [-0.4, -0.2) is 23.9 Å². The minimum atomic E-state index is -0.653. The fourth-order valence-corrected chi connectivity index (χ4v) is 3.12. The van der Waals surface area contributed by atoms with E-state index < -0.39 is 12.1 Å². The third-order valence-electron chi connectivity index (χ3n) is 4.82. The number of hydrogen-bond donors (Lipinski definition) is 3. The van der Waals surface area contributed by atoms with Gasteiger partial charge in [-0.2, -0.15) is 0 Å². The van der Waals surface area contributed by atoms with Crippen molar-refractivity contribution in [1.29, 1.82) is 0 Å². The first kappa shape index (κ1) is 18.6. The standard InChI is InChI=1S/C21H23N3O3/c1-13-8-9-16(12-14(13)2)19(15-6-4-3-5-7-15)23-18(25)11-10-17-20(26)24-21(27)22-17/h3-9,12,17,19H,10-11H2,1-2H3,(H,23,25)(H2,22,24,26,27). The predicted molar refractivity (Wildman–Crippen MR) is 102 cm³/mol. The molecule has 2 unspecified atom stereocenters. The SMILES string of the molecule is Cc1ccc(C(NC(=O)CCC2NC(=O)NC2=O)c2ccccc2)cc1C. The Labute approximate surface area is 158 Å². The van der Waals surface area contributed by atoms with E-state index in [-0.39, 0.29) is 30.7 Å². The maximum absolute atomic E-state index is 12.5. The van der Waals surface area contributed by atoms with Gasteiger partial charge in [0.05, 0.1) is 6.04 Å². The number of amides is 4. The molecule has 0 radical (unpaired) electrons. The van der Waals surface area contributed by atoms with Crippen molar-refractivity contribution in [2.24, 2.45) is 0 Å². The molecule has 140 valence electrons. The van der Waals surface area contributed by atoms with Crippen LogP contribution >= 0.6 is 0 Å². The third kappa shape index (κ3) is 4.53. The molecule has 0 saturated carbocycles. The van der Waals surface area contributed by atoms with E-state index in [1.165, 1.54) is 5.56 Å². The van der Waals surface area contributed by atoms with Gasteiger partial charge in [-0.1, -0.05) is 48.5 Å². The number of aryl methyl sites for hydroxylation is 2. The second-order valence-electron chi connectivity index (χ2n) is 6.81. The van der Waals surface area contributed by atoms with Crippen LogP contribution in [-0.2, 0) is 9.59 Å². The van der Waals surface area contributed by atoms with Crippen LogP contribution < -0.4 is 16.0 Å². The molecular formula is C21H23N3O3. The van der Waals surface area contributed by atoms with Crippen LogP contribution in [0.2, 0.25) is 0 Å². The van der Waals surface area contributed by atoms with Gasteiger partial charge in [-0.05, 0) is 42.5 Å². The van der Waals surface area contributed by atoms with Gasteiger partial charge in [-0.25, -0.2) is 4.79 Å². The van der Waals surface area contributed by atoms with Gasteiger partial charge in [0.25, 0.3) is 5.91 Å². The van der Waals surface area contributed by atoms with Gasteiger partial charge in [0.15, 0.2) is 0 Å². The van der Waals surface area contributed by atoms with E-state index in [4.69, 9.17) is 0 Å². The average Bonchev–Trinajstić information content (AvgIpc) is 2.98. The van der Waals surface area contributed by atoms with Crippen LogP contribution in [0, 0.1) is 13.8 Å². The van der Waals surface area contributed by atoms with Crippen molar-refractivity contribution in [3.63, 3.8) is 0 Å². The lowest BCUT2D eigenvalue weighted by Crippen LogP contribution is -2.33. The number of carbonyl (C=O) groups excluding carboxylic acids is 3. The molecule has 0 spiro atoms. The van der Waals surface area contributed by atoms with Gasteiger partial charge >= 0.3 is 6.03 Å². The Morgan fingerprint density at radius 2 is 1.78 bits per heavy atom. The van der Waals surface area contributed by atoms with Crippen LogP contribution in [0.25, 0.3) is 0 Å². The smallest absolute Gasteiger partial charge is 0.322 e. The van der Waals surface area contributed by atoms with Crippen molar-refractivity contribution in [2.75, 3.05) is 0 Å². The molecule has 4 amide bonds. The highest BCUT2D eigenvalue weighted by molar-refractivity contribution is 6.04. The van der Waals surface area contributed by atoms with Crippen molar-refractivity contribution in [3.05, 3.63) is 70.8 Å². The second-order valence-corrected chi connectivity index (χ2v) is 6.81. The van der Waals surface area contributed by atoms with Crippen LogP contribution in [0.5, 0.6) is 0 Å². The zero-order valence-corrected chi connectivity index (χ0v) is 15.4. The predicted octanol–water partition coefficient (Wildman–Crippen LogP) is 2.50. The molecule has 6 nitrogen and oxygen atoms in total. The highest BCUT2D eigenvalue weighted by Crippen LogP contribution is 2.24. The van der Waals surface area contributed by atoms with Gasteiger partial charge in [-0.3, -0.25) is 14.9 Å². The number of rotatable bonds is 6. The number of hydrogen-bond acceptors (Lipinski definition) is 3. The van der Waals surface area contributed by atoms with Gasteiger partial charge in [0.2, 0.25) is 5.91 Å². The first-order chi connectivity index (χ1) is 12.9. The molecule has 1 fully saturated rings. The van der Waals surface area contributed by atoms with Crippen LogP contribution in [0.15, 0.2) is 48.5 Å². The Kier molecular flexibility index (Phi) is 5.54. The molecule has 27 heavy (non-hydrogen) atoms. The molecule has 1 aliphatic rings. The summed E-state index contributed by atoms with van der Waals surface area (Å²) < 4.78 is 0. The quantitative estimate of drug-likeness (QED) is 0.688. The summed E-state index contributed by atoms with van der Waals surface area (Å²) in [7, 11) is 0. The number of carbonyl (C=O) groups is 3. The van der Waals surface area contributed by atoms with Crippen LogP contribution in [0.3, 0.4) is 0 Å². The van der Waals surface area contributed by atoms with Crippen molar-refractivity contribution in [2.45, 2.75) is 38.8 Å². The Balaban J connectivity index is 1.73. The summed E-state index contributed by atoms with van der Waals surface area (Å²) in [5.74, 6) is -0.558. The minimum Gasteiger partial charge on any atom is -0.345 e. The molecule has 3 rings (SSSR count). The van der Waals surface area contributed by atoms with Gasteiger partial charge < -0.3 is 10.6 Å². The monoisotopic (exact) mass is 365 g/mol. The Morgan fingerprint density at radius 1 is 1.04 bits per heavy atom. The summed E-state index contributed by atoms with van der Waals surface area (Å²) in [6.07, 6.45) is 0.407. The fraction of sp³-hybridized carbons (Fsp3) is 0.286. The van der Waals surface area contributed by atoms with E-state index in [0.717, 1.165) is 16.7 Å². The summed E-state index contributed by atoms with van der Waals surface area (Å²) >= 11 is 0. The molecular weight excluding hydrogens is 342 g/mol. The number of nitrogens with one attached hydrogen (secondary N) is 3. The molecule has 1 saturated heterocycles. The zero-order chi connectivity index (χ0) is 19.4. The summed E-state index contributed by atoms with van der Waals surface area (Å²) in [6.45, 7) is 4.10. The molecule has 1 heterocycles. The number of imide groups is 1. The summed E-state index contributed by atoms with van der Waals surface area (Å²) in [5.41, 5.74) is 4.35. The van der Waals surface area contributed by atoms with E-state index in [1.54, 1.807) is 0 Å². The third-order valence-corrected chi connectivity index (χ3v) is 4.82. The van der Waals surface area contributed by atoms with Crippen molar-refractivity contribution < 1.29 is 14.4 Å². The topological polar surface area (TPSA) is 87.3 Å². The van der Waals surface area contributed by atoms with Gasteiger partial charge in [-0.15, -0.1) is 0 Å². The molecule has 2 atom stereocenters. The van der Waals surface area contributed by atoms with E-state index in [2.05, 4.69) is 28.9 Å². The molecule has 6 heteroatoms. The van der Waals surface area contributed by atoms with Crippen LogP contribution in [0.1, 0.15) is 41.1 Å². The molecule has 2 aromatic rings. The Hall–Kier alpha value is -3.15. The maximum Gasteiger partial charge on any atom is 0.322 e. The van der Waals surface area contributed by atoms with Gasteiger partial charge in [0.1, 0.15) is 6.04 Å². The second kappa shape index (κ2) is 8.03. The van der Waals surface area contributed by atoms with E-state index >= 15 is 0 Å². The van der Waals surface area contributed by atoms with Crippen molar-refractivity contribution in [1.82, 2.24) is 16.0 Å². The first-order valence-corrected chi connectivity index (χ1v) is 8.97. The van der Waals surface area contributed by atoms with Crippen molar-refractivity contribution in [3.8, 4) is 0 Å².